The van der Waals surface area contributed by atoms with Crippen LogP contribution in [0.3, 0.4) is 0 Å². The minimum atomic E-state index is 0.356. The molecule has 1 rings (SSSR count). The third kappa shape index (κ3) is 8.04. The smallest absolute Gasteiger partial charge is 0.115 e. The van der Waals surface area contributed by atoms with Gasteiger partial charge >= 0.3 is 0 Å². The highest BCUT2D eigenvalue weighted by molar-refractivity contribution is 5.26. The van der Waals surface area contributed by atoms with Crippen LogP contribution in [0, 0.1) is 0 Å². The molecule has 15 heavy (non-hydrogen) atoms. The van der Waals surface area contributed by atoms with Crippen LogP contribution in [0.2, 0.25) is 0 Å². The summed E-state index contributed by atoms with van der Waals surface area (Å²) in [6.45, 7) is 6.53. The quantitative estimate of drug-likeness (QED) is 0.720. The first-order valence-electron chi connectivity index (χ1n) is 6.02. The highest BCUT2D eigenvalue weighted by Crippen LogP contribution is 2.10. The predicted molar refractivity (Wildman–Crippen MR) is 67.3 cm³/mol. The average molecular weight is 208 g/mol. The Labute approximate surface area is 94.2 Å². The predicted octanol–water partition coefficient (Wildman–Crippen LogP) is 4.54. The number of hydrogen-bond donors (Lipinski definition) is 1. The molecule has 0 aromatic heterocycles. The molecule has 0 heterocycles. The van der Waals surface area contributed by atoms with Gasteiger partial charge in [0.25, 0.3) is 0 Å². The molecule has 0 spiro atoms. The van der Waals surface area contributed by atoms with Crippen LogP contribution < -0.4 is 0 Å². The van der Waals surface area contributed by atoms with E-state index in [2.05, 4.69) is 20.8 Å². The van der Waals surface area contributed by atoms with Gasteiger partial charge in [0.05, 0.1) is 0 Å². The first-order valence-corrected chi connectivity index (χ1v) is 6.02. The number of aryl methyl sites for hydroxylation is 1. The molecule has 0 aliphatic carbocycles. The van der Waals surface area contributed by atoms with E-state index in [1.807, 2.05) is 12.1 Å². The number of phenolic OH excluding ortho intramolecular Hbond substituents is 1. The summed E-state index contributed by atoms with van der Waals surface area (Å²) in [5.41, 5.74) is 1.18. The zero-order valence-corrected chi connectivity index (χ0v) is 10.3. The topological polar surface area (TPSA) is 20.2 Å². The van der Waals surface area contributed by atoms with Crippen molar-refractivity contribution in [1.29, 1.82) is 0 Å². The van der Waals surface area contributed by atoms with Crippen LogP contribution in [0.25, 0.3) is 0 Å². The van der Waals surface area contributed by atoms with E-state index in [1.165, 1.54) is 31.2 Å². The van der Waals surface area contributed by atoms with E-state index in [0.717, 1.165) is 6.42 Å². The van der Waals surface area contributed by atoms with Crippen molar-refractivity contribution in [2.45, 2.75) is 52.9 Å². The fourth-order valence-electron chi connectivity index (χ4n) is 1.28. The van der Waals surface area contributed by atoms with Gasteiger partial charge in [0.2, 0.25) is 0 Å². The summed E-state index contributed by atoms with van der Waals surface area (Å²) in [5, 5.41) is 8.94. The van der Waals surface area contributed by atoms with Gasteiger partial charge in [0.15, 0.2) is 0 Å². The zero-order chi connectivity index (χ0) is 11.5. The fourth-order valence-corrected chi connectivity index (χ4v) is 1.28. The van der Waals surface area contributed by atoms with E-state index in [9.17, 15) is 0 Å². The Morgan fingerprint density at radius 2 is 1.60 bits per heavy atom. The summed E-state index contributed by atoms with van der Waals surface area (Å²) in [7, 11) is 0. The Hall–Kier alpha value is -0.980. The molecular formula is C14H24O. The lowest BCUT2D eigenvalue weighted by molar-refractivity contribution is 0.474. The van der Waals surface area contributed by atoms with Crippen LogP contribution in [-0.4, -0.2) is 5.11 Å². The Kier molecular flexibility index (Phi) is 8.95. The SMILES string of the molecule is CCCCCC.CCc1cccc(O)c1. The standard InChI is InChI=1S/C8H10O.C6H14/c1-2-7-4-3-5-8(9)6-7;1-3-5-6-4-2/h3-6,9H,2H2,1H3;3-6H2,1-2H3. The Morgan fingerprint density at radius 1 is 1.00 bits per heavy atom. The summed E-state index contributed by atoms with van der Waals surface area (Å²) >= 11 is 0. The average Bonchev–Trinajstić information content (AvgIpc) is 2.27. The zero-order valence-electron chi connectivity index (χ0n) is 10.3. The third-order valence-electron chi connectivity index (χ3n) is 2.28. The molecule has 0 fully saturated rings. The normalized spacial score (nSPS) is 9.27. The molecular weight excluding hydrogens is 184 g/mol. The van der Waals surface area contributed by atoms with Crippen molar-refractivity contribution in [3.63, 3.8) is 0 Å². The first-order chi connectivity index (χ1) is 7.24. The second-order valence-corrected chi connectivity index (χ2v) is 3.73. The summed E-state index contributed by atoms with van der Waals surface area (Å²) in [6.07, 6.45) is 6.52. The van der Waals surface area contributed by atoms with Crippen LogP contribution in [0.4, 0.5) is 0 Å². The molecule has 0 aliphatic heterocycles. The monoisotopic (exact) mass is 208 g/mol. The number of benzene rings is 1. The Balaban J connectivity index is 0.000000288. The molecule has 1 nitrogen and oxygen atoms in total. The van der Waals surface area contributed by atoms with E-state index in [4.69, 9.17) is 5.11 Å². The van der Waals surface area contributed by atoms with Crippen molar-refractivity contribution in [3.8, 4) is 5.75 Å². The molecule has 1 aromatic rings. The van der Waals surface area contributed by atoms with Gasteiger partial charge in [-0.15, -0.1) is 0 Å². The molecule has 0 atom stereocenters. The molecule has 1 N–H and O–H groups in total. The van der Waals surface area contributed by atoms with E-state index in [-0.39, 0.29) is 0 Å². The van der Waals surface area contributed by atoms with Crippen molar-refractivity contribution in [3.05, 3.63) is 29.8 Å². The minimum Gasteiger partial charge on any atom is -0.508 e. The Bertz CT molecular complexity index is 239. The van der Waals surface area contributed by atoms with Gasteiger partial charge in [-0.05, 0) is 24.1 Å². The van der Waals surface area contributed by atoms with Gasteiger partial charge in [0.1, 0.15) is 5.75 Å². The number of hydrogen-bond acceptors (Lipinski definition) is 1. The second kappa shape index (κ2) is 9.57. The van der Waals surface area contributed by atoms with Crippen LogP contribution in [0.15, 0.2) is 24.3 Å². The van der Waals surface area contributed by atoms with E-state index in [1.54, 1.807) is 12.1 Å². The van der Waals surface area contributed by atoms with Gasteiger partial charge < -0.3 is 5.11 Å². The molecule has 0 aliphatic rings. The van der Waals surface area contributed by atoms with Gasteiger partial charge in [-0.1, -0.05) is 58.6 Å². The van der Waals surface area contributed by atoms with Crippen LogP contribution >= 0.6 is 0 Å². The van der Waals surface area contributed by atoms with Gasteiger partial charge in [-0.2, -0.15) is 0 Å². The molecule has 1 heteroatoms. The molecule has 1 aromatic carbocycles. The van der Waals surface area contributed by atoms with E-state index < -0.39 is 0 Å². The van der Waals surface area contributed by atoms with Gasteiger partial charge in [0, 0.05) is 0 Å². The fraction of sp³-hybridized carbons (Fsp3) is 0.571. The van der Waals surface area contributed by atoms with Crippen molar-refractivity contribution in [2.24, 2.45) is 0 Å². The molecule has 0 saturated heterocycles. The summed E-state index contributed by atoms with van der Waals surface area (Å²) in [5.74, 6) is 0.356. The van der Waals surface area contributed by atoms with Gasteiger partial charge in [-0.25, -0.2) is 0 Å². The van der Waals surface area contributed by atoms with Crippen molar-refractivity contribution in [2.75, 3.05) is 0 Å². The third-order valence-corrected chi connectivity index (χ3v) is 2.28. The lowest BCUT2D eigenvalue weighted by Crippen LogP contribution is -1.75. The highest BCUT2D eigenvalue weighted by atomic mass is 16.3. The molecule has 0 saturated carbocycles. The molecule has 0 radical (unpaired) electrons. The number of phenols is 1. The number of aromatic hydroxyl groups is 1. The van der Waals surface area contributed by atoms with Crippen LogP contribution in [0.1, 0.15) is 52.0 Å². The Morgan fingerprint density at radius 3 is 1.93 bits per heavy atom. The summed E-state index contributed by atoms with van der Waals surface area (Å²) < 4.78 is 0. The van der Waals surface area contributed by atoms with E-state index in [0.29, 0.717) is 5.75 Å². The second-order valence-electron chi connectivity index (χ2n) is 3.73. The van der Waals surface area contributed by atoms with E-state index >= 15 is 0 Å². The first kappa shape index (κ1) is 14.0. The minimum absolute atomic E-state index is 0.356. The van der Waals surface area contributed by atoms with Crippen LogP contribution in [-0.2, 0) is 6.42 Å². The van der Waals surface area contributed by atoms with Crippen molar-refractivity contribution in [1.82, 2.24) is 0 Å². The van der Waals surface area contributed by atoms with Crippen molar-refractivity contribution < 1.29 is 5.11 Å². The maximum absolute atomic E-state index is 8.94. The molecule has 0 unspecified atom stereocenters. The summed E-state index contributed by atoms with van der Waals surface area (Å²) in [4.78, 5) is 0. The highest BCUT2D eigenvalue weighted by Gasteiger charge is 1.87. The molecule has 86 valence electrons. The lowest BCUT2D eigenvalue weighted by Gasteiger charge is -1.94. The lowest BCUT2D eigenvalue weighted by atomic mass is 10.2. The van der Waals surface area contributed by atoms with Crippen LogP contribution in [0.5, 0.6) is 5.75 Å². The number of unbranched alkanes of at least 4 members (excludes halogenated alkanes) is 3. The largest absolute Gasteiger partial charge is 0.508 e. The molecule has 0 bridgehead atoms. The van der Waals surface area contributed by atoms with Crippen molar-refractivity contribution >= 4 is 0 Å². The number of rotatable bonds is 4. The van der Waals surface area contributed by atoms with Gasteiger partial charge in [-0.3, -0.25) is 0 Å². The summed E-state index contributed by atoms with van der Waals surface area (Å²) in [6, 6.07) is 7.31. The molecule has 0 amide bonds. The maximum Gasteiger partial charge on any atom is 0.115 e. The maximum atomic E-state index is 8.94.